The Kier molecular flexibility index (Phi) is 6.59. The smallest absolute Gasteiger partial charge is 0.373 e. The first kappa shape index (κ1) is 19.9. The number of rotatable bonds is 5. The second kappa shape index (κ2) is 8.93. The van der Waals surface area contributed by atoms with Crippen LogP contribution in [0.2, 0.25) is 0 Å². The maximum Gasteiger partial charge on any atom is 0.416 e. The van der Waals surface area contributed by atoms with Crippen LogP contribution in [-0.2, 0) is 17.5 Å². The molecule has 1 aromatic rings. The van der Waals surface area contributed by atoms with Crippen molar-refractivity contribution in [1.82, 2.24) is 15.5 Å². The van der Waals surface area contributed by atoms with Crippen LogP contribution >= 0.6 is 0 Å². The van der Waals surface area contributed by atoms with Crippen molar-refractivity contribution in [3.63, 3.8) is 0 Å². The first-order valence-corrected chi connectivity index (χ1v) is 9.49. The maximum atomic E-state index is 12.8. The minimum Gasteiger partial charge on any atom is -0.373 e. The second-order valence-corrected chi connectivity index (χ2v) is 7.02. The van der Waals surface area contributed by atoms with E-state index in [1.807, 2.05) is 6.92 Å². The van der Waals surface area contributed by atoms with Crippen LogP contribution in [0.5, 0.6) is 0 Å². The van der Waals surface area contributed by atoms with Gasteiger partial charge in [0.15, 0.2) is 5.96 Å². The summed E-state index contributed by atoms with van der Waals surface area (Å²) in [6.45, 7) is 6.24. The molecule has 2 N–H and O–H groups in total. The molecule has 2 heterocycles. The predicted molar refractivity (Wildman–Crippen MR) is 98.6 cm³/mol. The molecule has 2 atom stereocenters. The van der Waals surface area contributed by atoms with E-state index in [1.165, 1.54) is 18.9 Å². The van der Waals surface area contributed by atoms with Crippen molar-refractivity contribution in [3.8, 4) is 0 Å². The molecule has 2 aliphatic rings. The molecule has 0 amide bonds. The van der Waals surface area contributed by atoms with Crippen molar-refractivity contribution in [3.05, 3.63) is 35.4 Å². The average molecular weight is 384 g/mol. The van der Waals surface area contributed by atoms with Crippen LogP contribution in [0.3, 0.4) is 0 Å². The maximum absolute atomic E-state index is 12.8. The zero-order valence-corrected chi connectivity index (χ0v) is 15.6. The van der Waals surface area contributed by atoms with Crippen LogP contribution in [0.4, 0.5) is 13.2 Å². The number of ether oxygens (including phenoxy) is 1. The molecule has 0 bridgehead atoms. The molecule has 27 heavy (non-hydrogen) atoms. The van der Waals surface area contributed by atoms with Crippen LogP contribution in [0.1, 0.15) is 30.9 Å². The number of hydrogen-bond donors (Lipinski definition) is 2. The van der Waals surface area contributed by atoms with Gasteiger partial charge in [-0.3, -0.25) is 4.90 Å². The summed E-state index contributed by atoms with van der Waals surface area (Å²) in [7, 11) is 0. The minimum absolute atomic E-state index is 0.0942. The van der Waals surface area contributed by atoms with E-state index in [1.54, 1.807) is 6.07 Å². The number of benzene rings is 1. The molecule has 5 nitrogen and oxygen atoms in total. The van der Waals surface area contributed by atoms with Gasteiger partial charge in [0.2, 0.25) is 0 Å². The van der Waals surface area contributed by atoms with Gasteiger partial charge in [0.1, 0.15) is 0 Å². The van der Waals surface area contributed by atoms with E-state index in [-0.39, 0.29) is 12.6 Å². The lowest BCUT2D eigenvalue weighted by Crippen LogP contribution is -2.51. The normalized spacial score (nSPS) is 23.9. The Bertz CT molecular complexity index is 650. The van der Waals surface area contributed by atoms with Crippen molar-refractivity contribution in [2.45, 2.75) is 44.6 Å². The van der Waals surface area contributed by atoms with E-state index < -0.39 is 11.7 Å². The van der Waals surface area contributed by atoms with Crippen molar-refractivity contribution < 1.29 is 17.9 Å². The number of nitrogens with zero attached hydrogens (tertiary/aromatic N) is 2. The summed E-state index contributed by atoms with van der Waals surface area (Å²) in [6.07, 6.45) is -1.80. The van der Waals surface area contributed by atoms with E-state index >= 15 is 0 Å². The highest BCUT2D eigenvalue weighted by molar-refractivity contribution is 5.79. The number of guanidine groups is 1. The fourth-order valence-corrected chi connectivity index (χ4v) is 3.58. The van der Waals surface area contributed by atoms with Gasteiger partial charge in [0.05, 0.1) is 24.8 Å². The van der Waals surface area contributed by atoms with Gasteiger partial charge < -0.3 is 15.4 Å². The lowest BCUT2D eigenvalue weighted by molar-refractivity contribution is -0.137. The molecule has 0 saturated carbocycles. The Morgan fingerprint density at radius 2 is 2.19 bits per heavy atom. The third kappa shape index (κ3) is 5.59. The van der Waals surface area contributed by atoms with Gasteiger partial charge in [-0.2, -0.15) is 13.2 Å². The van der Waals surface area contributed by atoms with Gasteiger partial charge in [-0.15, -0.1) is 0 Å². The summed E-state index contributed by atoms with van der Waals surface area (Å²) in [5, 5.41) is 6.38. The van der Waals surface area contributed by atoms with E-state index in [0.717, 1.165) is 31.8 Å². The highest BCUT2D eigenvalue weighted by atomic mass is 19.4. The Balaban J connectivity index is 1.55. The molecule has 0 radical (unpaired) electrons. The van der Waals surface area contributed by atoms with Gasteiger partial charge >= 0.3 is 6.18 Å². The molecule has 2 fully saturated rings. The van der Waals surface area contributed by atoms with E-state index in [0.29, 0.717) is 30.7 Å². The van der Waals surface area contributed by atoms with Crippen molar-refractivity contribution in [2.75, 3.05) is 32.8 Å². The Labute approximate surface area is 158 Å². The molecular formula is C19H27F3N4O. The quantitative estimate of drug-likeness (QED) is 0.605. The molecule has 8 heteroatoms. The SMILES string of the molecule is CCNC(=NCc1cccc(C(F)(F)F)c1)NCC1CN2CCCC2CO1. The largest absolute Gasteiger partial charge is 0.416 e. The molecule has 150 valence electrons. The highest BCUT2D eigenvalue weighted by Gasteiger charge is 2.32. The molecular weight excluding hydrogens is 357 g/mol. The van der Waals surface area contributed by atoms with Crippen LogP contribution in [0.25, 0.3) is 0 Å². The Morgan fingerprint density at radius 3 is 2.96 bits per heavy atom. The van der Waals surface area contributed by atoms with Crippen LogP contribution in [0.15, 0.2) is 29.3 Å². The van der Waals surface area contributed by atoms with Gasteiger partial charge in [-0.1, -0.05) is 12.1 Å². The fourth-order valence-electron chi connectivity index (χ4n) is 3.58. The zero-order valence-electron chi connectivity index (χ0n) is 15.6. The molecule has 0 spiro atoms. The van der Waals surface area contributed by atoms with E-state index in [9.17, 15) is 13.2 Å². The number of hydrogen-bond acceptors (Lipinski definition) is 3. The van der Waals surface area contributed by atoms with Crippen molar-refractivity contribution in [2.24, 2.45) is 4.99 Å². The molecule has 2 saturated heterocycles. The first-order chi connectivity index (χ1) is 13.0. The van der Waals surface area contributed by atoms with Crippen LogP contribution in [0, 0.1) is 0 Å². The summed E-state index contributed by atoms with van der Waals surface area (Å²) < 4.78 is 44.4. The van der Waals surface area contributed by atoms with Crippen molar-refractivity contribution in [1.29, 1.82) is 0 Å². The number of morpholine rings is 1. The number of alkyl halides is 3. The predicted octanol–water partition coefficient (Wildman–Crippen LogP) is 2.62. The summed E-state index contributed by atoms with van der Waals surface area (Å²) in [5.74, 6) is 0.585. The van der Waals surface area contributed by atoms with Gasteiger partial charge in [-0.25, -0.2) is 4.99 Å². The summed E-state index contributed by atoms with van der Waals surface area (Å²) in [6, 6.07) is 5.84. The molecule has 3 rings (SSSR count). The third-order valence-electron chi connectivity index (χ3n) is 4.98. The lowest BCUT2D eigenvalue weighted by atomic mass is 10.1. The van der Waals surface area contributed by atoms with Crippen LogP contribution in [-0.4, -0.2) is 55.8 Å². The third-order valence-corrected chi connectivity index (χ3v) is 4.98. The number of aliphatic imine (C=N–C) groups is 1. The average Bonchev–Trinajstić information content (AvgIpc) is 3.11. The standard InChI is InChI=1S/C19H27F3N4O/c1-2-23-18(24-10-14-5-3-6-15(9-14)19(20,21)22)25-11-17-12-26-8-4-7-16(26)13-27-17/h3,5-6,9,16-17H,2,4,7-8,10-13H2,1H3,(H2,23,24,25). The van der Waals surface area contributed by atoms with Crippen molar-refractivity contribution >= 4 is 5.96 Å². The Hall–Kier alpha value is -1.80. The molecule has 2 aliphatic heterocycles. The lowest BCUT2D eigenvalue weighted by Gasteiger charge is -2.35. The zero-order chi connectivity index (χ0) is 19.3. The molecule has 0 aromatic heterocycles. The number of halogens is 3. The molecule has 2 unspecified atom stereocenters. The monoisotopic (exact) mass is 384 g/mol. The van der Waals surface area contributed by atoms with E-state index in [2.05, 4.69) is 20.5 Å². The molecule has 1 aromatic carbocycles. The summed E-state index contributed by atoms with van der Waals surface area (Å²) >= 11 is 0. The second-order valence-electron chi connectivity index (χ2n) is 7.02. The highest BCUT2D eigenvalue weighted by Crippen LogP contribution is 2.29. The van der Waals surface area contributed by atoms with Gasteiger partial charge in [0, 0.05) is 25.7 Å². The molecule has 0 aliphatic carbocycles. The van der Waals surface area contributed by atoms with E-state index in [4.69, 9.17) is 4.74 Å². The summed E-state index contributed by atoms with van der Waals surface area (Å²) in [4.78, 5) is 6.89. The Morgan fingerprint density at radius 1 is 1.33 bits per heavy atom. The number of nitrogens with one attached hydrogen (secondary N) is 2. The summed E-state index contributed by atoms with van der Waals surface area (Å²) in [5.41, 5.74) is -0.125. The van der Waals surface area contributed by atoms with Gasteiger partial charge in [0.25, 0.3) is 0 Å². The fraction of sp³-hybridized carbons (Fsp3) is 0.632. The minimum atomic E-state index is -4.34. The first-order valence-electron chi connectivity index (χ1n) is 9.49. The van der Waals surface area contributed by atoms with Gasteiger partial charge in [-0.05, 0) is 44.0 Å². The number of fused-ring (bicyclic) bond motifs is 1. The van der Waals surface area contributed by atoms with Crippen LogP contribution < -0.4 is 10.6 Å². The topological polar surface area (TPSA) is 48.9 Å².